The van der Waals surface area contributed by atoms with Gasteiger partial charge in [0.1, 0.15) is 23.5 Å². The molecule has 0 saturated heterocycles. The van der Waals surface area contributed by atoms with Gasteiger partial charge in [0.05, 0.1) is 12.0 Å². The molecular formula is C19H19F2N5O. The minimum atomic E-state index is -0.635. The molecule has 1 aliphatic rings. The van der Waals surface area contributed by atoms with Crippen LogP contribution in [-0.4, -0.2) is 31.1 Å². The Morgan fingerprint density at radius 2 is 2.22 bits per heavy atom. The fourth-order valence-electron chi connectivity index (χ4n) is 3.34. The number of imidazole rings is 2. The highest BCUT2D eigenvalue weighted by molar-refractivity contribution is 5.80. The highest BCUT2D eigenvalue weighted by Crippen LogP contribution is 2.25. The van der Waals surface area contributed by atoms with Crippen molar-refractivity contribution in [2.45, 2.75) is 38.4 Å². The molecule has 0 aliphatic carbocycles. The normalized spacial score (nSPS) is 17.4. The lowest BCUT2D eigenvalue weighted by Crippen LogP contribution is -2.43. The maximum Gasteiger partial charge on any atom is 0.243 e. The minimum Gasteiger partial charge on any atom is -0.350 e. The van der Waals surface area contributed by atoms with Gasteiger partial charge in [0.2, 0.25) is 5.91 Å². The summed E-state index contributed by atoms with van der Waals surface area (Å²) in [6, 6.07) is 3.09. The lowest BCUT2D eigenvalue weighted by molar-refractivity contribution is -0.124. The van der Waals surface area contributed by atoms with E-state index in [0.29, 0.717) is 18.7 Å². The van der Waals surface area contributed by atoms with E-state index in [1.807, 2.05) is 11.5 Å². The van der Waals surface area contributed by atoms with Gasteiger partial charge in [-0.25, -0.2) is 18.7 Å². The number of hydrogen-bond acceptors (Lipinski definition) is 3. The standard InChI is InChI=1S/C19H19F2N5O/c1-12(25-7-6-22-11-25)19(27)23-14-3-5-18-24-17(10-26(18)9-14)15-4-2-13(20)8-16(15)21/h2,4,6-8,10-12,14H,3,5,9H2,1H3,(H,23,27). The van der Waals surface area contributed by atoms with Gasteiger partial charge in [-0.2, -0.15) is 0 Å². The molecule has 2 aromatic heterocycles. The highest BCUT2D eigenvalue weighted by Gasteiger charge is 2.25. The Labute approximate surface area is 154 Å². The van der Waals surface area contributed by atoms with Crippen LogP contribution in [-0.2, 0) is 17.8 Å². The molecule has 1 N–H and O–H groups in total. The fourth-order valence-corrected chi connectivity index (χ4v) is 3.34. The van der Waals surface area contributed by atoms with E-state index in [-0.39, 0.29) is 23.6 Å². The predicted octanol–water partition coefficient (Wildman–Crippen LogP) is 2.72. The predicted molar refractivity (Wildman–Crippen MR) is 94.8 cm³/mol. The Morgan fingerprint density at radius 1 is 1.37 bits per heavy atom. The molecule has 1 aromatic carbocycles. The molecule has 0 spiro atoms. The van der Waals surface area contributed by atoms with Crippen molar-refractivity contribution in [3.05, 3.63) is 60.6 Å². The van der Waals surface area contributed by atoms with Crippen LogP contribution in [0.1, 0.15) is 25.2 Å². The van der Waals surface area contributed by atoms with E-state index < -0.39 is 11.6 Å². The van der Waals surface area contributed by atoms with Gasteiger partial charge < -0.3 is 14.5 Å². The number of carbonyl (C=O) groups excluding carboxylic acids is 1. The van der Waals surface area contributed by atoms with Crippen LogP contribution in [0, 0.1) is 11.6 Å². The lowest BCUT2D eigenvalue weighted by Gasteiger charge is -2.26. The first kappa shape index (κ1) is 17.4. The van der Waals surface area contributed by atoms with Gasteiger partial charge in [0, 0.05) is 49.2 Å². The second-order valence-electron chi connectivity index (χ2n) is 6.75. The molecule has 3 heterocycles. The van der Waals surface area contributed by atoms with Crippen molar-refractivity contribution in [2.24, 2.45) is 0 Å². The Kier molecular flexibility index (Phi) is 4.47. The molecule has 1 amide bonds. The third-order valence-corrected chi connectivity index (χ3v) is 4.90. The number of aromatic nitrogens is 4. The first-order valence-electron chi connectivity index (χ1n) is 8.80. The molecule has 27 heavy (non-hydrogen) atoms. The van der Waals surface area contributed by atoms with Crippen LogP contribution in [0.25, 0.3) is 11.3 Å². The van der Waals surface area contributed by atoms with Gasteiger partial charge in [0.25, 0.3) is 0 Å². The zero-order valence-electron chi connectivity index (χ0n) is 14.8. The topological polar surface area (TPSA) is 64.7 Å². The van der Waals surface area contributed by atoms with Crippen LogP contribution in [0.15, 0.2) is 43.1 Å². The zero-order chi connectivity index (χ0) is 19.0. The third-order valence-electron chi connectivity index (χ3n) is 4.90. The number of aryl methyl sites for hydroxylation is 1. The number of amides is 1. The first-order valence-corrected chi connectivity index (χ1v) is 8.80. The Morgan fingerprint density at radius 3 is 2.96 bits per heavy atom. The maximum absolute atomic E-state index is 14.0. The molecule has 3 aromatic rings. The number of fused-ring (bicyclic) bond motifs is 1. The molecule has 0 fully saturated rings. The summed E-state index contributed by atoms with van der Waals surface area (Å²) in [5.41, 5.74) is 0.744. The van der Waals surface area contributed by atoms with Gasteiger partial charge in [-0.3, -0.25) is 4.79 Å². The van der Waals surface area contributed by atoms with E-state index in [1.54, 1.807) is 29.5 Å². The monoisotopic (exact) mass is 371 g/mol. The van der Waals surface area contributed by atoms with Gasteiger partial charge in [-0.15, -0.1) is 0 Å². The zero-order valence-corrected chi connectivity index (χ0v) is 14.8. The molecule has 0 radical (unpaired) electrons. The third kappa shape index (κ3) is 3.47. The summed E-state index contributed by atoms with van der Waals surface area (Å²) in [5, 5.41) is 3.06. The Balaban J connectivity index is 1.47. The van der Waals surface area contributed by atoms with Gasteiger partial charge in [-0.1, -0.05) is 0 Å². The van der Waals surface area contributed by atoms with E-state index in [1.165, 1.54) is 12.1 Å². The lowest BCUT2D eigenvalue weighted by atomic mass is 10.1. The van der Waals surface area contributed by atoms with Crippen LogP contribution >= 0.6 is 0 Å². The molecule has 0 bridgehead atoms. The largest absolute Gasteiger partial charge is 0.350 e. The van der Waals surface area contributed by atoms with Crippen molar-refractivity contribution in [3.63, 3.8) is 0 Å². The van der Waals surface area contributed by atoms with E-state index in [2.05, 4.69) is 15.3 Å². The van der Waals surface area contributed by atoms with Crippen molar-refractivity contribution < 1.29 is 13.6 Å². The van der Waals surface area contributed by atoms with Crippen LogP contribution in [0.3, 0.4) is 0 Å². The molecule has 4 rings (SSSR count). The van der Waals surface area contributed by atoms with Crippen LogP contribution in [0.2, 0.25) is 0 Å². The van der Waals surface area contributed by atoms with Crippen LogP contribution < -0.4 is 5.32 Å². The van der Waals surface area contributed by atoms with Crippen molar-refractivity contribution in [1.29, 1.82) is 0 Å². The van der Waals surface area contributed by atoms with E-state index in [0.717, 1.165) is 18.3 Å². The minimum absolute atomic E-state index is 0.0314. The van der Waals surface area contributed by atoms with E-state index >= 15 is 0 Å². The molecule has 140 valence electrons. The quantitative estimate of drug-likeness (QED) is 0.767. The fraction of sp³-hybridized carbons (Fsp3) is 0.316. The van der Waals surface area contributed by atoms with Gasteiger partial charge in [-0.05, 0) is 25.5 Å². The Hall–Kier alpha value is -3.03. The number of nitrogens with one attached hydrogen (secondary N) is 1. The van der Waals surface area contributed by atoms with Crippen molar-refractivity contribution in [3.8, 4) is 11.3 Å². The summed E-state index contributed by atoms with van der Waals surface area (Å²) < 4.78 is 30.8. The van der Waals surface area contributed by atoms with E-state index in [9.17, 15) is 13.6 Å². The van der Waals surface area contributed by atoms with Crippen molar-refractivity contribution >= 4 is 5.91 Å². The van der Waals surface area contributed by atoms with Crippen LogP contribution in [0.4, 0.5) is 8.78 Å². The second kappa shape index (κ2) is 6.94. The summed E-state index contributed by atoms with van der Waals surface area (Å²) in [5.74, 6) is -0.493. The molecule has 1 aliphatic heterocycles. The molecule has 2 atom stereocenters. The second-order valence-corrected chi connectivity index (χ2v) is 6.75. The number of rotatable bonds is 4. The molecule has 0 saturated carbocycles. The first-order chi connectivity index (χ1) is 13.0. The summed E-state index contributed by atoms with van der Waals surface area (Å²) in [4.78, 5) is 20.9. The SMILES string of the molecule is CC(C(=O)NC1CCc2nc(-c3ccc(F)cc3F)cn2C1)n1ccnc1. The van der Waals surface area contributed by atoms with Gasteiger partial charge >= 0.3 is 0 Å². The summed E-state index contributed by atoms with van der Waals surface area (Å²) in [7, 11) is 0. The van der Waals surface area contributed by atoms with Crippen molar-refractivity contribution in [1.82, 2.24) is 24.4 Å². The number of halogens is 2. The molecule has 8 heteroatoms. The van der Waals surface area contributed by atoms with E-state index in [4.69, 9.17) is 0 Å². The molecule has 2 unspecified atom stereocenters. The van der Waals surface area contributed by atoms with Crippen LogP contribution in [0.5, 0.6) is 0 Å². The highest BCUT2D eigenvalue weighted by atomic mass is 19.1. The average Bonchev–Trinajstić information content (AvgIpc) is 3.30. The number of nitrogens with zero attached hydrogens (tertiary/aromatic N) is 4. The number of hydrogen-bond donors (Lipinski definition) is 1. The molecule has 6 nitrogen and oxygen atoms in total. The average molecular weight is 371 g/mol. The van der Waals surface area contributed by atoms with Crippen molar-refractivity contribution in [2.75, 3.05) is 0 Å². The molecular weight excluding hydrogens is 352 g/mol. The number of carbonyl (C=O) groups is 1. The Bertz CT molecular complexity index is 967. The number of benzene rings is 1. The summed E-state index contributed by atoms with van der Waals surface area (Å²) >= 11 is 0. The summed E-state index contributed by atoms with van der Waals surface area (Å²) in [6.07, 6.45) is 8.19. The maximum atomic E-state index is 14.0. The summed E-state index contributed by atoms with van der Waals surface area (Å²) in [6.45, 7) is 2.38. The van der Waals surface area contributed by atoms with Gasteiger partial charge in [0.15, 0.2) is 0 Å². The smallest absolute Gasteiger partial charge is 0.243 e.